The van der Waals surface area contributed by atoms with Crippen LogP contribution in [0.3, 0.4) is 0 Å². The van der Waals surface area contributed by atoms with Gasteiger partial charge in [-0.2, -0.15) is 0 Å². The number of methoxy groups -OCH3 is 1. The van der Waals surface area contributed by atoms with Gasteiger partial charge >= 0.3 is 5.97 Å². The highest BCUT2D eigenvalue weighted by Crippen LogP contribution is 2.36. The van der Waals surface area contributed by atoms with Crippen LogP contribution in [-0.4, -0.2) is 24.0 Å². The van der Waals surface area contributed by atoms with E-state index in [0.717, 1.165) is 23.1 Å². The molecule has 0 aliphatic carbocycles. The van der Waals surface area contributed by atoms with E-state index in [1.807, 2.05) is 39.8 Å². The Morgan fingerprint density at radius 2 is 1.74 bits per heavy atom. The van der Waals surface area contributed by atoms with E-state index in [0.29, 0.717) is 18.4 Å². The average Bonchev–Trinajstić information content (AvgIpc) is 2.49. The van der Waals surface area contributed by atoms with Crippen LogP contribution in [0, 0.1) is 20.8 Å². The monoisotopic (exact) mass is 336 g/mol. The van der Waals surface area contributed by atoms with E-state index in [-0.39, 0.29) is 20.7 Å². The second-order valence-corrected chi connectivity index (χ2v) is 7.13. The molecule has 0 aliphatic heterocycles. The van der Waals surface area contributed by atoms with Crippen LogP contribution in [0.1, 0.15) is 59.7 Å². The fourth-order valence-electron chi connectivity index (χ4n) is 3.01. The number of ether oxygens (including phenoxy) is 1. The molecule has 1 atom stereocenters. The molecule has 23 heavy (non-hydrogen) atoms. The number of hydrogen-bond donors (Lipinski definition) is 0. The van der Waals surface area contributed by atoms with Crippen molar-refractivity contribution in [1.29, 1.82) is 0 Å². The van der Waals surface area contributed by atoms with Gasteiger partial charge in [0.25, 0.3) is 0 Å². The molecule has 1 aromatic rings. The van der Waals surface area contributed by atoms with Gasteiger partial charge in [0, 0.05) is 12.0 Å². The zero-order chi connectivity index (χ0) is 17.6. The third kappa shape index (κ3) is 4.48. The zero-order valence-corrected chi connectivity index (χ0v) is 15.5. The van der Waals surface area contributed by atoms with Gasteiger partial charge in [0.05, 0.1) is 7.11 Å². The number of benzene rings is 1. The standard InChI is InChI=1S/C18H25O4P/c1-6-7-8-18(23-21,17(20)22-5)11-15(19)16-13(3)9-12(2)10-14(16)4/h9-10H,6-8,11H2,1-5H3. The van der Waals surface area contributed by atoms with Crippen molar-refractivity contribution < 1.29 is 18.9 Å². The highest BCUT2D eigenvalue weighted by Gasteiger charge is 2.43. The van der Waals surface area contributed by atoms with Gasteiger partial charge in [0.15, 0.2) is 19.4 Å². The van der Waals surface area contributed by atoms with E-state index in [2.05, 4.69) is 0 Å². The summed E-state index contributed by atoms with van der Waals surface area (Å²) in [5.41, 5.74) is 3.46. The van der Waals surface area contributed by atoms with E-state index in [1.165, 1.54) is 7.11 Å². The summed E-state index contributed by atoms with van der Waals surface area (Å²) in [5.74, 6) is -0.747. The molecule has 0 bridgehead atoms. The first-order valence-electron chi connectivity index (χ1n) is 7.85. The minimum absolute atomic E-state index is 0.102. The molecule has 4 nitrogen and oxygen atoms in total. The number of carbonyl (C=O) groups is 2. The first-order valence-corrected chi connectivity index (χ1v) is 8.66. The number of rotatable bonds is 8. The third-order valence-electron chi connectivity index (χ3n) is 4.09. The maximum atomic E-state index is 12.8. The van der Waals surface area contributed by atoms with Crippen molar-refractivity contribution in [3.63, 3.8) is 0 Å². The smallest absolute Gasteiger partial charge is 0.324 e. The van der Waals surface area contributed by atoms with Crippen molar-refractivity contribution in [3.05, 3.63) is 34.4 Å². The Morgan fingerprint density at radius 3 is 2.17 bits per heavy atom. The molecule has 0 saturated heterocycles. The lowest BCUT2D eigenvalue weighted by molar-refractivity contribution is -0.143. The molecule has 0 aliphatic rings. The number of esters is 1. The molecule has 0 heterocycles. The zero-order valence-electron chi connectivity index (χ0n) is 14.6. The lowest BCUT2D eigenvalue weighted by atomic mass is 9.88. The van der Waals surface area contributed by atoms with Crippen LogP contribution in [0.15, 0.2) is 12.1 Å². The SMILES string of the molecule is CCCCC(CC(=O)c1c(C)cc(C)cc1C)(P=O)C(=O)OC. The molecule has 0 N–H and O–H groups in total. The van der Waals surface area contributed by atoms with E-state index in [1.54, 1.807) is 0 Å². The van der Waals surface area contributed by atoms with E-state index < -0.39 is 11.1 Å². The number of carbonyl (C=O) groups excluding carboxylic acids is 2. The summed E-state index contributed by atoms with van der Waals surface area (Å²) in [5, 5.41) is -1.29. The Morgan fingerprint density at radius 1 is 1.17 bits per heavy atom. The molecule has 0 spiro atoms. The van der Waals surface area contributed by atoms with Gasteiger partial charge < -0.3 is 4.74 Å². The van der Waals surface area contributed by atoms with Crippen LogP contribution in [0.2, 0.25) is 0 Å². The molecule has 0 saturated carbocycles. The quantitative estimate of drug-likeness (QED) is 0.396. The minimum Gasteiger partial charge on any atom is -0.468 e. The summed E-state index contributed by atoms with van der Waals surface area (Å²) >= 11 is 0. The van der Waals surface area contributed by atoms with Gasteiger partial charge in [-0.3, -0.25) is 14.2 Å². The Bertz CT molecular complexity index is 586. The highest BCUT2D eigenvalue weighted by atomic mass is 31.1. The summed E-state index contributed by atoms with van der Waals surface area (Å²) in [6, 6.07) is 3.89. The number of Topliss-reactive ketones (excluding diaryl/α,β-unsaturated/α-hetero) is 1. The maximum Gasteiger partial charge on any atom is 0.324 e. The number of ketones is 1. The molecule has 1 unspecified atom stereocenters. The molecule has 1 rings (SSSR count). The molecule has 1 aromatic carbocycles. The lowest BCUT2D eigenvalue weighted by Gasteiger charge is -2.24. The fraction of sp³-hybridized carbons (Fsp3) is 0.556. The number of hydrogen-bond acceptors (Lipinski definition) is 4. The van der Waals surface area contributed by atoms with Crippen LogP contribution in [0.5, 0.6) is 0 Å². The second kappa shape index (κ2) is 8.35. The Hall–Kier alpha value is -1.54. The molecule has 0 fully saturated rings. The van der Waals surface area contributed by atoms with Gasteiger partial charge in [0.2, 0.25) is 0 Å². The lowest BCUT2D eigenvalue weighted by Crippen LogP contribution is -2.36. The van der Waals surface area contributed by atoms with Crippen molar-refractivity contribution >= 4 is 20.2 Å². The summed E-state index contributed by atoms with van der Waals surface area (Å²) in [6.07, 6.45) is 1.83. The van der Waals surface area contributed by atoms with E-state index >= 15 is 0 Å². The second-order valence-electron chi connectivity index (χ2n) is 6.09. The van der Waals surface area contributed by atoms with Crippen molar-refractivity contribution in [2.75, 3.05) is 7.11 Å². The van der Waals surface area contributed by atoms with Gasteiger partial charge in [-0.1, -0.05) is 37.5 Å². The van der Waals surface area contributed by atoms with Gasteiger partial charge in [0.1, 0.15) is 0 Å². The fourth-order valence-corrected chi connectivity index (χ4v) is 3.63. The summed E-state index contributed by atoms with van der Waals surface area (Å²) in [7, 11) is 0.906. The summed E-state index contributed by atoms with van der Waals surface area (Å²) < 4.78 is 16.6. The number of unbranched alkanes of at least 4 members (excludes halogenated alkanes) is 1. The third-order valence-corrected chi connectivity index (χ3v) is 5.01. The molecule has 0 amide bonds. The van der Waals surface area contributed by atoms with Crippen LogP contribution in [0.4, 0.5) is 0 Å². The normalized spacial score (nSPS) is 13.6. The molecular formula is C18H25O4P. The number of aryl methyl sites for hydroxylation is 3. The van der Waals surface area contributed by atoms with Gasteiger partial charge in [-0.05, 0) is 38.3 Å². The molecule has 126 valence electrons. The molecule has 0 aromatic heterocycles. The predicted octanol–water partition coefficient (Wildman–Crippen LogP) is 4.58. The molecule has 5 heteroatoms. The summed E-state index contributed by atoms with van der Waals surface area (Å²) in [6.45, 7) is 7.73. The van der Waals surface area contributed by atoms with Crippen molar-refractivity contribution in [2.45, 2.75) is 58.5 Å². The van der Waals surface area contributed by atoms with E-state index in [4.69, 9.17) is 4.74 Å². The molecular weight excluding hydrogens is 311 g/mol. The highest BCUT2D eigenvalue weighted by molar-refractivity contribution is 7.28. The predicted molar refractivity (Wildman–Crippen MR) is 91.5 cm³/mol. The van der Waals surface area contributed by atoms with Crippen LogP contribution >= 0.6 is 8.46 Å². The summed E-state index contributed by atoms with van der Waals surface area (Å²) in [4.78, 5) is 25.0. The van der Waals surface area contributed by atoms with Crippen molar-refractivity contribution in [3.8, 4) is 0 Å². The Balaban J connectivity index is 3.20. The topological polar surface area (TPSA) is 60.4 Å². The van der Waals surface area contributed by atoms with E-state index in [9.17, 15) is 14.2 Å². The van der Waals surface area contributed by atoms with Crippen molar-refractivity contribution in [2.24, 2.45) is 0 Å². The first kappa shape index (κ1) is 19.5. The molecule has 0 radical (unpaired) electrons. The Kier molecular flexibility index (Phi) is 7.08. The minimum atomic E-state index is -1.29. The first-order chi connectivity index (χ1) is 10.8. The van der Waals surface area contributed by atoms with Crippen LogP contribution < -0.4 is 0 Å². The average molecular weight is 336 g/mol. The van der Waals surface area contributed by atoms with Crippen molar-refractivity contribution in [1.82, 2.24) is 0 Å². The maximum absolute atomic E-state index is 12.8. The van der Waals surface area contributed by atoms with Crippen LogP contribution in [0.25, 0.3) is 0 Å². The van der Waals surface area contributed by atoms with Gasteiger partial charge in [-0.25, -0.2) is 0 Å². The Labute approximate surface area is 139 Å². The van der Waals surface area contributed by atoms with Crippen LogP contribution in [-0.2, 0) is 14.1 Å². The van der Waals surface area contributed by atoms with Gasteiger partial charge in [-0.15, -0.1) is 0 Å². The largest absolute Gasteiger partial charge is 0.468 e.